The fraction of sp³-hybridized carbons (Fsp3) is 0.0769. The van der Waals surface area contributed by atoms with Crippen molar-refractivity contribution >= 4 is 37.5 Å². The molecule has 0 amide bonds. The first-order chi connectivity index (χ1) is 8.45. The number of hydrogen-bond donors (Lipinski definition) is 1. The van der Waals surface area contributed by atoms with Gasteiger partial charge in [-0.15, -0.1) is 0 Å². The summed E-state index contributed by atoms with van der Waals surface area (Å²) in [5, 5.41) is 0. The highest BCUT2D eigenvalue weighted by atomic mass is 79.9. The Morgan fingerprint density at radius 2 is 1.83 bits per heavy atom. The van der Waals surface area contributed by atoms with Crippen molar-refractivity contribution in [3.8, 4) is 11.5 Å². The lowest BCUT2D eigenvalue weighted by Crippen LogP contribution is -1.93. The number of halogens is 3. The van der Waals surface area contributed by atoms with Crippen LogP contribution in [-0.4, -0.2) is 0 Å². The van der Waals surface area contributed by atoms with Gasteiger partial charge in [0.25, 0.3) is 0 Å². The quantitative estimate of drug-likeness (QED) is 0.748. The van der Waals surface area contributed by atoms with Gasteiger partial charge in [-0.1, -0.05) is 15.9 Å². The van der Waals surface area contributed by atoms with Crippen LogP contribution < -0.4 is 10.5 Å². The van der Waals surface area contributed by atoms with E-state index in [2.05, 4.69) is 31.9 Å². The minimum Gasteiger partial charge on any atom is -0.456 e. The van der Waals surface area contributed by atoms with Crippen LogP contribution in [0.5, 0.6) is 11.5 Å². The summed E-state index contributed by atoms with van der Waals surface area (Å²) in [6.07, 6.45) is 0. The molecule has 2 aromatic rings. The van der Waals surface area contributed by atoms with E-state index < -0.39 is 0 Å². The number of ether oxygens (including phenoxy) is 1. The molecule has 0 unspecified atom stereocenters. The van der Waals surface area contributed by atoms with Crippen molar-refractivity contribution < 1.29 is 9.13 Å². The van der Waals surface area contributed by atoms with Gasteiger partial charge in [0.05, 0.1) is 4.47 Å². The largest absolute Gasteiger partial charge is 0.456 e. The van der Waals surface area contributed by atoms with Crippen molar-refractivity contribution in [2.75, 3.05) is 5.73 Å². The van der Waals surface area contributed by atoms with Crippen LogP contribution in [0.25, 0.3) is 0 Å². The molecule has 0 saturated carbocycles. The Kier molecular flexibility index (Phi) is 3.92. The van der Waals surface area contributed by atoms with Crippen LogP contribution in [0.2, 0.25) is 0 Å². The Balaban J connectivity index is 2.36. The Labute approximate surface area is 121 Å². The van der Waals surface area contributed by atoms with E-state index in [0.717, 1.165) is 10.0 Å². The molecule has 0 aromatic heterocycles. The average Bonchev–Trinajstić information content (AvgIpc) is 2.24. The first-order valence-corrected chi connectivity index (χ1v) is 6.74. The second-order valence-electron chi connectivity index (χ2n) is 3.85. The summed E-state index contributed by atoms with van der Waals surface area (Å²) in [5.41, 5.74) is 7.36. The van der Waals surface area contributed by atoms with Crippen LogP contribution in [0.15, 0.2) is 39.3 Å². The summed E-state index contributed by atoms with van der Waals surface area (Å²) in [6, 6.07) is 7.96. The van der Waals surface area contributed by atoms with Crippen molar-refractivity contribution in [3.05, 3.63) is 50.7 Å². The Bertz CT molecular complexity index is 582. The monoisotopic (exact) mass is 373 g/mol. The van der Waals surface area contributed by atoms with Crippen LogP contribution >= 0.6 is 31.9 Å². The van der Waals surface area contributed by atoms with E-state index in [-0.39, 0.29) is 5.82 Å². The van der Waals surface area contributed by atoms with Gasteiger partial charge >= 0.3 is 0 Å². The Morgan fingerprint density at radius 3 is 2.50 bits per heavy atom. The maximum atomic E-state index is 13.2. The topological polar surface area (TPSA) is 35.2 Å². The fourth-order valence-corrected chi connectivity index (χ4v) is 2.35. The number of aryl methyl sites for hydroxylation is 1. The number of anilines is 1. The van der Waals surface area contributed by atoms with Crippen molar-refractivity contribution in [1.29, 1.82) is 0 Å². The molecule has 18 heavy (non-hydrogen) atoms. The second-order valence-corrected chi connectivity index (χ2v) is 5.62. The highest BCUT2D eigenvalue weighted by Gasteiger charge is 2.07. The zero-order valence-electron chi connectivity index (χ0n) is 9.51. The Hall–Kier alpha value is -1.07. The number of hydrogen-bond acceptors (Lipinski definition) is 2. The smallest absolute Gasteiger partial charge is 0.142 e. The van der Waals surface area contributed by atoms with E-state index in [1.54, 1.807) is 18.2 Å². The van der Waals surface area contributed by atoms with Gasteiger partial charge in [0.2, 0.25) is 0 Å². The summed E-state index contributed by atoms with van der Waals surface area (Å²) in [6.45, 7) is 1.89. The zero-order chi connectivity index (χ0) is 13.3. The fourth-order valence-electron chi connectivity index (χ4n) is 1.46. The van der Waals surface area contributed by atoms with Gasteiger partial charge in [0.15, 0.2) is 0 Å². The average molecular weight is 375 g/mol. The number of nitrogen functional groups attached to an aromatic ring is 1. The zero-order valence-corrected chi connectivity index (χ0v) is 12.7. The number of benzene rings is 2. The molecule has 0 fully saturated rings. The third kappa shape index (κ3) is 3.03. The molecule has 2 N–H and O–H groups in total. The predicted octanol–water partition coefficient (Wildman–Crippen LogP) is 5.03. The molecule has 2 rings (SSSR count). The van der Waals surface area contributed by atoms with E-state index in [4.69, 9.17) is 10.5 Å². The van der Waals surface area contributed by atoms with E-state index in [1.165, 1.54) is 12.1 Å². The lowest BCUT2D eigenvalue weighted by atomic mass is 10.2. The molecule has 0 bridgehead atoms. The molecular weight excluding hydrogens is 365 g/mol. The standard InChI is InChI=1S/C13H10Br2FNO/c1-7-2-13(11(15)6-12(7)17)18-10-4-8(14)3-9(16)5-10/h2-6H,17H2,1H3. The maximum absolute atomic E-state index is 13.2. The lowest BCUT2D eigenvalue weighted by Gasteiger charge is -2.10. The highest BCUT2D eigenvalue weighted by Crippen LogP contribution is 2.34. The molecule has 5 heteroatoms. The molecule has 0 aliphatic rings. The van der Waals surface area contributed by atoms with Gasteiger partial charge in [-0.2, -0.15) is 0 Å². The number of rotatable bonds is 2. The van der Waals surface area contributed by atoms with Crippen molar-refractivity contribution in [2.24, 2.45) is 0 Å². The van der Waals surface area contributed by atoms with E-state index >= 15 is 0 Å². The van der Waals surface area contributed by atoms with Gasteiger partial charge in [-0.3, -0.25) is 0 Å². The van der Waals surface area contributed by atoms with E-state index in [0.29, 0.717) is 21.7 Å². The summed E-state index contributed by atoms with van der Waals surface area (Å²) in [5.74, 6) is 0.661. The maximum Gasteiger partial charge on any atom is 0.142 e. The molecule has 0 atom stereocenters. The first kappa shape index (κ1) is 13.4. The number of nitrogens with two attached hydrogens (primary N) is 1. The van der Waals surface area contributed by atoms with Crippen LogP contribution in [-0.2, 0) is 0 Å². The molecule has 0 spiro atoms. The molecular formula is C13H10Br2FNO. The predicted molar refractivity (Wildman–Crippen MR) is 77.5 cm³/mol. The molecule has 2 aromatic carbocycles. The first-order valence-electron chi connectivity index (χ1n) is 5.15. The minimum absolute atomic E-state index is 0.359. The summed E-state index contributed by atoms with van der Waals surface area (Å²) in [7, 11) is 0. The highest BCUT2D eigenvalue weighted by molar-refractivity contribution is 9.10. The van der Waals surface area contributed by atoms with Crippen LogP contribution in [0.3, 0.4) is 0 Å². The molecule has 94 valence electrons. The minimum atomic E-state index is -0.359. The van der Waals surface area contributed by atoms with Crippen LogP contribution in [0.4, 0.5) is 10.1 Å². The van der Waals surface area contributed by atoms with Crippen LogP contribution in [0, 0.1) is 12.7 Å². The van der Waals surface area contributed by atoms with Crippen LogP contribution in [0.1, 0.15) is 5.56 Å². The molecule has 0 saturated heterocycles. The van der Waals surface area contributed by atoms with E-state index in [9.17, 15) is 4.39 Å². The Morgan fingerprint density at radius 1 is 1.11 bits per heavy atom. The molecule has 0 radical (unpaired) electrons. The van der Waals surface area contributed by atoms with Crippen molar-refractivity contribution in [3.63, 3.8) is 0 Å². The molecule has 2 nitrogen and oxygen atoms in total. The van der Waals surface area contributed by atoms with E-state index in [1.807, 2.05) is 6.92 Å². The third-order valence-corrected chi connectivity index (χ3v) is 3.46. The molecule has 0 heterocycles. The summed E-state index contributed by atoms with van der Waals surface area (Å²) in [4.78, 5) is 0. The molecule has 0 aliphatic carbocycles. The molecule has 0 aliphatic heterocycles. The summed E-state index contributed by atoms with van der Waals surface area (Å²) >= 11 is 6.58. The van der Waals surface area contributed by atoms with Crippen molar-refractivity contribution in [2.45, 2.75) is 6.92 Å². The van der Waals surface area contributed by atoms with Gasteiger partial charge in [-0.05, 0) is 52.7 Å². The van der Waals surface area contributed by atoms with Gasteiger partial charge in [-0.25, -0.2) is 4.39 Å². The third-order valence-electron chi connectivity index (χ3n) is 2.38. The van der Waals surface area contributed by atoms with Crippen molar-refractivity contribution in [1.82, 2.24) is 0 Å². The lowest BCUT2D eigenvalue weighted by molar-refractivity contribution is 0.473. The SMILES string of the molecule is Cc1cc(Oc2cc(F)cc(Br)c2)c(Br)cc1N. The normalized spacial score (nSPS) is 10.4. The van der Waals surface area contributed by atoms with Gasteiger partial charge in [0.1, 0.15) is 17.3 Å². The van der Waals surface area contributed by atoms with Gasteiger partial charge in [0, 0.05) is 16.2 Å². The second kappa shape index (κ2) is 5.28. The summed E-state index contributed by atoms with van der Waals surface area (Å²) < 4.78 is 20.2. The van der Waals surface area contributed by atoms with Gasteiger partial charge < -0.3 is 10.5 Å².